The summed E-state index contributed by atoms with van der Waals surface area (Å²) in [6.07, 6.45) is 2.49. The summed E-state index contributed by atoms with van der Waals surface area (Å²) in [5.41, 5.74) is 1.38. The predicted molar refractivity (Wildman–Crippen MR) is 58.7 cm³/mol. The average Bonchev–Trinajstić information content (AvgIpc) is 2.30. The lowest BCUT2D eigenvalue weighted by molar-refractivity contribution is -0.116. The molecule has 1 N–H and O–H groups in total. The number of carbonyl (C=O) groups is 1. The number of nitrogens with zero attached hydrogens (tertiary/aromatic N) is 1. The molecule has 0 aromatic heterocycles. The Kier molecular flexibility index (Phi) is 2.72. The van der Waals surface area contributed by atoms with Crippen molar-refractivity contribution in [3.8, 4) is 0 Å². The van der Waals surface area contributed by atoms with Gasteiger partial charge in [-0.25, -0.2) is 0 Å². The van der Waals surface area contributed by atoms with Crippen molar-refractivity contribution in [1.82, 2.24) is 0 Å². The normalized spacial score (nSPS) is 19.6. The molecule has 15 heavy (non-hydrogen) atoms. The number of para-hydroxylation sites is 1. The van der Waals surface area contributed by atoms with Gasteiger partial charge in [0.25, 0.3) is 5.91 Å². The van der Waals surface area contributed by atoms with E-state index in [0.717, 1.165) is 24.9 Å². The van der Waals surface area contributed by atoms with Crippen molar-refractivity contribution < 1.29 is 9.90 Å². The van der Waals surface area contributed by atoms with Crippen LogP contribution in [0.3, 0.4) is 0 Å². The van der Waals surface area contributed by atoms with Crippen LogP contribution >= 0.6 is 0 Å². The van der Waals surface area contributed by atoms with E-state index in [9.17, 15) is 4.79 Å². The van der Waals surface area contributed by atoms with Gasteiger partial charge in [0.2, 0.25) is 0 Å². The molecule has 1 heterocycles. The van der Waals surface area contributed by atoms with Crippen molar-refractivity contribution in [3.63, 3.8) is 0 Å². The molecule has 0 unspecified atom stereocenters. The highest BCUT2D eigenvalue weighted by Crippen LogP contribution is 2.23. The van der Waals surface area contributed by atoms with Crippen LogP contribution in [0.4, 0.5) is 5.69 Å². The second kappa shape index (κ2) is 4.17. The molecule has 0 radical (unpaired) electrons. The van der Waals surface area contributed by atoms with Gasteiger partial charge in [-0.1, -0.05) is 18.2 Å². The molecule has 1 amide bonds. The number of hydrogen-bond donors (Lipinski definition) is 1. The molecule has 0 spiro atoms. The van der Waals surface area contributed by atoms with Crippen molar-refractivity contribution in [2.75, 3.05) is 11.4 Å². The van der Waals surface area contributed by atoms with Crippen LogP contribution in [0.1, 0.15) is 12.8 Å². The highest BCUT2D eigenvalue weighted by Gasteiger charge is 2.24. The van der Waals surface area contributed by atoms with Crippen LogP contribution in [0.2, 0.25) is 0 Å². The Morgan fingerprint density at radius 3 is 2.67 bits per heavy atom. The van der Waals surface area contributed by atoms with Crippen molar-refractivity contribution in [2.24, 2.45) is 0 Å². The van der Waals surface area contributed by atoms with Crippen LogP contribution in [0, 0.1) is 0 Å². The summed E-state index contributed by atoms with van der Waals surface area (Å²) < 4.78 is 0. The Hall–Kier alpha value is -1.77. The molecule has 1 fully saturated rings. The van der Waals surface area contributed by atoms with E-state index in [1.807, 2.05) is 30.3 Å². The summed E-state index contributed by atoms with van der Waals surface area (Å²) in [6, 6.07) is 9.52. The fraction of sp³-hybridized carbons (Fsp3) is 0.250. The third-order valence-electron chi connectivity index (χ3n) is 2.57. The van der Waals surface area contributed by atoms with Crippen molar-refractivity contribution in [3.05, 3.63) is 42.2 Å². The fourth-order valence-corrected chi connectivity index (χ4v) is 1.78. The minimum absolute atomic E-state index is 0.0880. The van der Waals surface area contributed by atoms with Crippen molar-refractivity contribution >= 4 is 11.6 Å². The van der Waals surface area contributed by atoms with E-state index in [1.54, 1.807) is 4.90 Å². The van der Waals surface area contributed by atoms with Gasteiger partial charge >= 0.3 is 0 Å². The van der Waals surface area contributed by atoms with Crippen LogP contribution in [-0.4, -0.2) is 17.6 Å². The lowest BCUT2D eigenvalue weighted by atomic mass is 10.0. The Balaban J connectivity index is 2.27. The third-order valence-corrected chi connectivity index (χ3v) is 2.57. The number of carbonyl (C=O) groups excluding carboxylic acids is 1. The predicted octanol–water partition coefficient (Wildman–Crippen LogP) is 2.26. The van der Waals surface area contributed by atoms with Gasteiger partial charge in [-0.3, -0.25) is 4.79 Å². The summed E-state index contributed by atoms with van der Waals surface area (Å²) >= 11 is 0. The molecule has 3 heteroatoms. The lowest BCUT2D eigenvalue weighted by Gasteiger charge is -2.27. The third kappa shape index (κ3) is 1.86. The van der Waals surface area contributed by atoms with Gasteiger partial charge in [0, 0.05) is 12.2 Å². The summed E-state index contributed by atoms with van der Waals surface area (Å²) in [6.45, 7) is 0.722. The molecule has 0 atom stereocenters. The first-order valence-electron chi connectivity index (χ1n) is 5.03. The quantitative estimate of drug-likeness (QED) is 0.561. The zero-order valence-corrected chi connectivity index (χ0v) is 8.39. The summed E-state index contributed by atoms with van der Waals surface area (Å²) in [7, 11) is 0. The number of amides is 1. The van der Waals surface area contributed by atoms with E-state index in [4.69, 9.17) is 5.11 Å². The zero-order chi connectivity index (χ0) is 10.7. The van der Waals surface area contributed by atoms with Gasteiger partial charge in [0.05, 0.1) is 11.8 Å². The molecule has 2 rings (SSSR count). The zero-order valence-electron chi connectivity index (χ0n) is 8.39. The molecule has 1 aliphatic rings. The maximum Gasteiger partial charge on any atom is 0.257 e. The number of aliphatic hydroxyl groups is 1. The minimum atomic E-state index is -0.0880. The topological polar surface area (TPSA) is 40.5 Å². The number of piperidine rings is 1. The second-order valence-electron chi connectivity index (χ2n) is 3.55. The fourth-order valence-electron chi connectivity index (χ4n) is 1.78. The molecule has 3 nitrogen and oxygen atoms in total. The van der Waals surface area contributed by atoms with E-state index in [-0.39, 0.29) is 5.91 Å². The van der Waals surface area contributed by atoms with Crippen LogP contribution < -0.4 is 4.90 Å². The highest BCUT2D eigenvalue weighted by molar-refractivity contribution is 6.06. The van der Waals surface area contributed by atoms with Gasteiger partial charge < -0.3 is 10.0 Å². The van der Waals surface area contributed by atoms with E-state index < -0.39 is 0 Å². The first-order chi connectivity index (χ1) is 7.33. The molecule has 1 aliphatic heterocycles. The summed E-state index contributed by atoms with van der Waals surface area (Å²) in [5.74, 6) is -0.0880. The monoisotopic (exact) mass is 203 g/mol. The van der Waals surface area contributed by atoms with Crippen molar-refractivity contribution in [1.29, 1.82) is 0 Å². The molecule has 0 bridgehead atoms. The standard InChI is InChI=1S/C12H13NO2/c14-9-10-5-4-8-13(12(10)15)11-6-2-1-3-7-11/h1-3,6-7,9,14H,4-5,8H2. The number of anilines is 1. The van der Waals surface area contributed by atoms with E-state index >= 15 is 0 Å². The first-order valence-corrected chi connectivity index (χ1v) is 5.03. The summed E-state index contributed by atoms with van der Waals surface area (Å²) in [4.78, 5) is 13.6. The van der Waals surface area contributed by atoms with Gasteiger partial charge in [-0.15, -0.1) is 0 Å². The molecule has 0 aliphatic carbocycles. The van der Waals surface area contributed by atoms with E-state index in [2.05, 4.69) is 0 Å². The van der Waals surface area contributed by atoms with Crippen molar-refractivity contribution in [2.45, 2.75) is 12.8 Å². The van der Waals surface area contributed by atoms with E-state index in [0.29, 0.717) is 12.0 Å². The maximum absolute atomic E-state index is 11.9. The number of rotatable bonds is 1. The van der Waals surface area contributed by atoms with Gasteiger partial charge in [0.1, 0.15) is 0 Å². The first kappa shape index (κ1) is 9.77. The number of benzene rings is 1. The smallest absolute Gasteiger partial charge is 0.257 e. The maximum atomic E-state index is 11.9. The Morgan fingerprint density at radius 2 is 2.00 bits per heavy atom. The molecule has 0 saturated carbocycles. The summed E-state index contributed by atoms with van der Waals surface area (Å²) in [5, 5.41) is 8.92. The Labute approximate surface area is 88.6 Å². The van der Waals surface area contributed by atoms with Crippen LogP contribution in [0.5, 0.6) is 0 Å². The largest absolute Gasteiger partial charge is 0.515 e. The molecular formula is C12H13NO2. The van der Waals surface area contributed by atoms with Gasteiger partial charge in [-0.05, 0) is 25.0 Å². The minimum Gasteiger partial charge on any atom is -0.515 e. The second-order valence-corrected chi connectivity index (χ2v) is 3.55. The van der Waals surface area contributed by atoms with Crippen LogP contribution in [0.15, 0.2) is 42.2 Å². The van der Waals surface area contributed by atoms with Gasteiger partial charge in [-0.2, -0.15) is 0 Å². The molecule has 1 aromatic rings. The highest BCUT2D eigenvalue weighted by atomic mass is 16.2. The van der Waals surface area contributed by atoms with Crippen LogP contribution in [0.25, 0.3) is 0 Å². The lowest BCUT2D eigenvalue weighted by Crippen LogP contribution is -2.36. The molecule has 1 aromatic carbocycles. The number of hydrogen-bond acceptors (Lipinski definition) is 2. The average molecular weight is 203 g/mol. The Morgan fingerprint density at radius 1 is 1.27 bits per heavy atom. The Bertz CT molecular complexity index is 384. The number of aliphatic hydroxyl groups excluding tert-OH is 1. The SMILES string of the molecule is O=C1C(=CO)CCCN1c1ccccc1. The van der Waals surface area contributed by atoms with Gasteiger partial charge in [0.15, 0.2) is 0 Å². The van der Waals surface area contributed by atoms with E-state index in [1.165, 1.54) is 0 Å². The molecule has 1 saturated heterocycles. The molecular weight excluding hydrogens is 190 g/mol. The molecule has 78 valence electrons. The van der Waals surface area contributed by atoms with Crippen LogP contribution in [-0.2, 0) is 4.79 Å².